The third-order valence-electron chi connectivity index (χ3n) is 3.22. The SMILES string of the molecule is CN(CC1CC(Br)C1)C(=O)c1cc(Br)ccc1Br. The van der Waals surface area contributed by atoms with E-state index in [1.165, 1.54) is 0 Å². The van der Waals surface area contributed by atoms with Gasteiger partial charge in [0.25, 0.3) is 5.91 Å². The van der Waals surface area contributed by atoms with E-state index in [2.05, 4.69) is 47.8 Å². The van der Waals surface area contributed by atoms with E-state index in [1.807, 2.05) is 30.1 Å². The maximum atomic E-state index is 12.3. The van der Waals surface area contributed by atoms with Gasteiger partial charge in [0.2, 0.25) is 0 Å². The largest absolute Gasteiger partial charge is 0.341 e. The lowest BCUT2D eigenvalue weighted by Gasteiger charge is -2.34. The fraction of sp³-hybridized carbons (Fsp3) is 0.462. The average Bonchev–Trinajstić information content (AvgIpc) is 2.29. The van der Waals surface area contributed by atoms with Gasteiger partial charge in [-0.3, -0.25) is 4.79 Å². The molecule has 2 nitrogen and oxygen atoms in total. The summed E-state index contributed by atoms with van der Waals surface area (Å²) < 4.78 is 1.76. The van der Waals surface area contributed by atoms with Gasteiger partial charge in [-0.2, -0.15) is 0 Å². The van der Waals surface area contributed by atoms with Gasteiger partial charge in [0.05, 0.1) is 5.56 Å². The molecule has 0 N–H and O–H groups in total. The van der Waals surface area contributed by atoms with Crippen LogP contribution in [0.5, 0.6) is 0 Å². The molecule has 0 bridgehead atoms. The van der Waals surface area contributed by atoms with Gasteiger partial charge < -0.3 is 4.90 Å². The fourth-order valence-electron chi connectivity index (χ4n) is 2.14. The number of hydrogen-bond donors (Lipinski definition) is 0. The number of carbonyl (C=O) groups is 1. The van der Waals surface area contributed by atoms with Crippen molar-refractivity contribution in [2.24, 2.45) is 5.92 Å². The standard InChI is InChI=1S/C13H14Br3NO/c1-17(7-8-4-10(15)5-8)13(18)11-6-9(14)2-3-12(11)16/h2-3,6,8,10H,4-5,7H2,1H3. The van der Waals surface area contributed by atoms with Gasteiger partial charge in [0.1, 0.15) is 0 Å². The zero-order valence-electron chi connectivity index (χ0n) is 10.00. The molecule has 5 heteroatoms. The van der Waals surface area contributed by atoms with Crippen LogP contribution in [0, 0.1) is 5.92 Å². The van der Waals surface area contributed by atoms with Crippen molar-refractivity contribution < 1.29 is 4.79 Å². The number of carbonyl (C=O) groups excluding carboxylic acids is 1. The highest BCUT2D eigenvalue weighted by Gasteiger charge is 2.29. The monoisotopic (exact) mass is 437 g/mol. The third-order valence-corrected chi connectivity index (χ3v) is 5.15. The van der Waals surface area contributed by atoms with Crippen LogP contribution in [0.1, 0.15) is 23.2 Å². The van der Waals surface area contributed by atoms with Gasteiger partial charge in [0.15, 0.2) is 0 Å². The van der Waals surface area contributed by atoms with Crippen LogP contribution < -0.4 is 0 Å². The molecule has 0 spiro atoms. The highest BCUT2D eigenvalue weighted by Crippen LogP contribution is 2.34. The van der Waals surface area contributed by atoms with Crippen molar-refractivity contribution in [2.75, 3.05) is 13.6 Å². The number of hydrogen-bond acceptors (Lipinski definition) is 1. The molecule has 0 atom stereocenters. The van der Waals surface area contributed by atoms with E-state index in [9.17, 15) is 4.79 Å². The van der Waals surface area contributed by atoms with E-state index in [1.54, 1.807) is 0 Å². The molecule has 0 aromatic heterocycles. The molecular formula is C13H14Br3NO. The van der Waals surface area contributed by atoms with Crippen LogP contribution in [0.25, 0.3) is 0 Å². The number of amides is 1. The number of rotatable bonds is 3. The summed E-state index contributed by atoms with van der Waals surface area (Å²) in [5.41, 5.74) is 0.710. The van der Waals surface area contributed by atoms with Crippen LogP contribution in [-0.4, -0.2) is 29.2 Å². The Balaban J connectivity index is 2.03. The molecule has 18 heavy (non-hydrogen) atoms. The Morgan fingerprint density at radius 2 is 2.06 bits per heavy atom. The number of halogens is 3. The summed E-state index contributed by atoms with van der Waals surface area (Å²) in [7, 11) is 1.87. The molecule has 1 amide bonds. The van der Waals surface area contributed by atoms with Crippen molar-refractivity contribution >= 4 is 53.7 Å². The van der Waals surface area contributed by atoms with Crippen molar-refractivity contribution in [3.05, 3.63) is 32.7 Å². The summed E-state index contributed by atoms with van der Waals surface area (Å²) in [5, 5.41) is 0. The summed E-state index contributed by atoms with van der Waals surface area (Å²) in [5.74, 6) is 0.704. The Kier molecular flexibility index (Phi) is 4.89. The summed E-state index contributed by atoms with van der Waals surface area (Å²) >= 11 is 10.4. The van der Waals surface area contributed by atoms with Crippen molar-refractivity contribution in [1.82, 2.24) is 4.90 Å². The molecule has 0 unspecified atom stereocenters. The van der Waals surface area contributed by atoms with Crippen LogP contribution in [-0.2, 0) is 0 Å². The van der Waals surface area contributed by atoms with E-state index in [4.69, 9.17) is 0 Å². The van der Waals surface area contributed by atoms with Gasteiger partial charge >= 0.3 is 0 Å². The Labute approximate surface area is 133 Å². The molecule has 2 rings (SSSR count). The maximum absolute atomic E-state index is 12.3. The first kappa shape index (κ1) is 14.5. The molecule has 0 heterocycles. The quantitative estimate of drug-likeness (QED) is 0.637. The van der Waals surface area contributed by atoms with Crippen molar-refractivity contribution in [3.63, 3.8) is 0 Å². The second kappa shape index (κ2) is 6.06. The zero-order valence-corrected chi connectivity index (χ0v) is 14.8. The van der Waals surface area contributed by atoms with Crippen LogP contribution in [0.15, 0.2) is 27.1 Å². The van der Waals surface area contributed by atoms with E-state index < -0.39 is 0 Å². The van der Waals surface area contributed by atoms with E-state index in [0.717, 1.165) is 28.3 Å². The molecule has 1 aliphatic rings. The minimum atomic E-state index is 0.0706. The predicted octanol–water partition coefficient (Wildman–Crippen LogP) is 4.46. The summed E-state index contributed by atoms with van der Waals surface area (Å²) in [6.07, 6.45) is 2.33. The third kappa shape index (κ3) is 3.36. The van der Waals surface area contributed by atoms with Crippen molar-refractivity contribution in [2.45, 2.75) is 17.7 Å². The second-order valence-corrected chi connectivity index (χ2v) is 7.81. The average molecular weight is 440 g/mol. The number of nitrogens with zero attached hydrogens (tertiary/aromatic N) is 1. The molecule has 1 saturated carbocycles. The summed E-state index contributed by atoms with van der Waals surface area (Å²) in [4.78, 5) is 14.8. The minimum absolute atomic E-state index is 0.0706. The number of benzene rings is 1. The molecule has 1 fully saturated rings. The van der Waals surface area contributed by atoms with Crippen LogP contribution >= 0.6 is 47.8 Å². The molecule has 0 saturated heterocycles. The Bertz CT molecular complexity index is 458. The molecule has 1 aromatic carbocycles. The van der Waals surface area contributed by atoms with Crippen LogP contribution in [0.2, 0.25) is 0 Å². The van der Waals surface area contributed by atoms with E-state index in [0.29, 0.717) is 16.3 Å². The maximum Gasteiger partial charge on any atom is 0.254 e. The van der Waals surface area contributed by atoms with Gasteiger partial charge in [-0.25, -0.2) is 0 Å². The zero-order chi connectivity index (χ0) is 13.3. The smallest absolute Gasteiger partial charge is 0.254 e. The minimum Gasteiger partial charge on any atom is -0.341 e. The Hall–Kier alpha value is 0.130. The van der Waals surface area contributed by atoms with Gasteiger partial charge in [0, 0.05) is 27.4 Å². The molecule has 98 valence electrons. The molecular weight excluding hydrogens is 426 g/mol. The lowest BCUT2D eigenvalue weighted by Crippen LogP contribution is -2.37. The van der Waals surface area contributed by atoms with Crippen LogP contribution in [0.4, 0.5) is 0 Å². The summed E-state index contributed by atoms with van der Waals surface area (Å²) in [6, 6.07) is 5.67. The topological polar surface area (TPSA) is 20.3 Å². The van der Waals surface area contributed by atoms with Gasteiger partial charge in [-0.05, 0) is 52.9 Å². The molecule has 1 aliphatic carbocycles. The Morgan fingerprint density at radius 3 is 2.67 bits per heavy atom. The predicted molar refractivity (Wildman–Crippen MR) is 84.2 cm³/mol. The first-order valence-electron chi connectivity index (χ1n) is 5.82. The molecule has 0 radical (unpaired) electrons. The fourth-order valence-corrected chi connectivity index (χ4v) is 3.98. The van der Waals surface area contributed by atoms with Crippen molar-refractivity contribution in [1.29, 1.82) is 0 Å². The van der Waals surface area contributed by atoms with Crippen molar-refractivity contribution in [3.8, 4) is 0 Å². The van der Waals surface area contributed by atoms with Gasteiger partial charge in [-0.1, -0.05) is 31.9 Å². The molecule has 1 aromatic rings. The first-order chi connectivity index (χ1) is 8.47. The second-order valence-electron chi connectivity index (χ2n) is 4.74. The normalized spacial score (nSPS) is 22.4. The first-order valence-corrected chi connectivity index (χ1v) is 8.32. The highest BCUT2D eigenvalue weighted by molar-refractivity contribution is 9.11. The van der Waals surface area contributed by atoms with E-state index in [-0.39, 0.29) is 5.91 Å². The lowest BCUT2D eigenvalue weighted by atomic mass is 9.85. The summed E-state index contributed by atoms with van der Waals surface area (Å²) in [6.45, 7) is 0.833. The highest BCUT2D eigenvalue weighted by atomic mass is 79.9. The Morgan fingerprint density at radius 1 is 1.39 bits per heavy atom. The van der Waals surface area contributed by atoms with Crippen LogP contribution in [0.3, 0.4) is 0 Å². The van der Waals surface area contributed by atoms with E-state index >= 15 is 0 Å². The number of alkyl halides is 1. The molecule has 0 aliphatic heterocycles. The lowest BCUT2D eigenvalue weighted by molar-refractivity contribution is 0.0748. The van der Waals surface area contributed by atoms with Gasteiger partial charge in [-0.15, -0.1) is 0 Å².